The summed E-state index contributed by atoms with van der Waals surface area (Å²) < 4.78 is 20.9. The number of hydrogen-bond acceptors (Lipinski definition) is 5. The summed E-state index contributed by atoms with van der Waals surface area (Å²) in [7, 11) is 0. The average Bonchev–Trinajstić information content (AvgIpc) is 3.46. The molecule has 3 unspecified atom stereocenters. The zero-order valence-electron chi connectivity index (χ0n) is 17.3. The molecule has 33 heavy (non-hydrogen) atoms. The first-order valence-corrected chi connectivity index (χ1v) is 11.3. The molecule has 0 radical (unpaired) electrons. The highest BCUT2D eigenvalue weighted by atomic mass is 35.5. The summed E-state index contributed by atoms with van der Waals surface area (Å²) in [6, 6.07) is 14.5. The maximum Gasteiger partial charge on any atom is 0.404 e. The molecule has 2 N–H and O–H groups in total. The molecule has 10 heteroatoms. The number of nitrogens with zero attached hydrogens (tertiary/aromatic N) is 3. The minimum Gasteiger partial charge on any atom is -0.443 e. The molecule has 1 aliphatic rings. The van der Waals surface area contributed by atoms with E-state index in [1.165, 1.54) is 23.5 Å². The lowest BCUT2D eigenvalue weighted by molar-refractivity contribution is -0.121. The lowest BCUT2D eigenvalue weighted by Crippen LogP contribution is -2.32. The van der Waals surface area contributed by atoms with Crippen LogP contribution < -0.4 is 10.6 Å². The van der Waals surface area contributed by atoms with Crippen molar-refractivity contribution in [1.29, 1.82) is 0 Å². The number of ether oxygens (including phenoxy) is 1. The highest BCUT2D eigenvalue weighted by Gasteiger charge is 2.50. The fourth-order valence-corrected chi connectivity index (χ4v) is 5.43. The third kappa shape index (κ3) is 3.73. The maximum atomic E-state index is 13.3. The van der Waals surface area contributed by atoms with Gasteiger partial charge in [-0.1, -0.05) is 11.6 Å². The fraction of sp³-hybridized carbons (Fsp3) is 0.174. The molecule has 3 atom stereocenters. The van der Waals surface area contributed by atoms with Crippen LogP contribution in [0.1, 0.15) is 17.8 Å². The van der Waals surface area contributed by atoms with Crippen molar-refractivity contribution in [3.8, 4) is 5.69 Å². The number of primary amides is 1. The average molecular weight is 485 g/mol. The first kappa shape index (κ1) is 21.4. The molecule has 168 valence electrons. The van der Waals surface area contributed by atoms with Crippen LogP contribution in [0.15, 0.2) is 60.8 Å². The van der Waals surface area contributed by atoms with Crippen molar-refractivity contribution in [3.05, 3.63) is 75.8 Å². The number of anilines is 1. The van der Waals surface area contributed by atoms with Gasteiger partial charge in [0.2, 0.25) is 5.91 Å². The summed E-state index contributed by atoms with van der Waals surface area (Å²) in [6.07, 6.45) is -0.0202. The molecule has 3 heterocycles. The number of carbonyl (C=O) groups excluding carboxylic acids is 2. The molecule has 0 bridgehead atoms. The van der Waals surface area contributed by atoms with E-state index in [2.05, 4.69) is 5.10 Å². The Bertz CT molecular complexity index is 1370. The number of rotatable bonds is 4. The lowest BCUT2D eigenvalue weighted by Gasteiger charge is -2.27. The summed E-state index contributed by atoms with van der Waals surface area (Å²) in [6.45, 7) is 1.71. The van der Waals surface area contributed by atoms with Gasteiger partial charge in [-0.2, -0.15) is 5.10 Å². The van der Waals surface area contributed by atoms with Gasteiger partial charge in [-0.25, -0.2) is 13.9 Å². The van der Waals surface area contributed by atoms with E-state index in [9.17, 15) is 14.0 Å². The molecule has 1 saturated heterocycles. The van der Waals surface area contributed by atoms with E-state index in [0.717, 1.165) is 15.8 Å². The smallest absolute Gasteiger partial charge is 0.404 e. The lowest BCUT2D eigenvalue weighted by atomic mass is 10.0. The molecule has 2 aromatic heterocycles. The zero-order valence-corrected chi connectivity index (χ0v) is 18.9. The second-order valence-electron chi connectivity index (χ2n) is 7.76. The Morgan fingerprint density at radius 3 is 2.55 bits per heavy atom. The Morgan fingerprint density at radius 1 is 1.15 bits per heavy atom. The van der Waals surface area contributed by atoms with Gasteiger partial charge in [-0.15, -0.1) is 11.3 Å². The van der Waals surface area contributed by atoms with Gasteiger partial charge < -0.3 is 10.5 Å². The van der Waals surface area contributed by atoms with E-state index < -0.39 is 24.2 Å². The van der Waals surface area contributed by atoms with Crippen molar-refractivity contribution < 1.29 is 18.7 Å². The largest absolute Gasteiger partial charge is 0.443 e. The van der Waals surface area contributed by atoms with Gasteiger partial charge in [0, 0.05) is 16.0 Å². The predicted molar refractivity (Wildman–Crippen MR) is 124 cm³/mol. The number of carbonyl (C=O) groups is 2. The van der Waals surface area contributed by atoms with Crippen LogP contribution in [0, 0.1) is 11.7 Å². The molecule has 1 aliphatic heterocycles. The number of hydrogen-bond donors (Lipinski definition) is 1. The van der Waals surface area contributed by atoms with Crippen LogP contribution in [0.2, 0.25) is 4.34 Å². The topological polar surface area (TPSA) is 90.4 Å². The molecule has 5 rings (SSSR count). The fourth-order valence-electron chi connectivity index (χ4n) is 4.24. The van der Waals surface area contributed by atoms with Crippen LogP contribution in [-0.4, -0.2) is 27.9 Å². The molecule has 2 aromatic carbocycles. The minimum absolute atomic E-state index is 0.193. The van der Waals surface area contributed by atoms with Gasteiger partial charge in [0.1, 0.15) is 18.0 Å². The number of amides is 2. The Hall–Kier alpha value is -3.43. The van der Waals surface area contributed by atoms with Crippen LogP contribution >= 0.6 is 22.9 Å². The summed E-state index contributed by atoms with van der Waals surface area (Å²) >= 11 is 7.47. The number of halogens is 2. The van der Waals surface area contributed by atoms with Crippen molar-refractivity contribution in [2.75, 3.05) is 4.90 Å². The number of nitrogens with two attached hydrogens (primary N) is 1. The van der Waals surface area contributed by atoms with Crippen LogP contribution in [0.3, 0.4) is 0 Å². The first-order valence-electron chi connectivity index (χ1n) is 10.1. The third-order valence-corrected chi connectivity index (χ3v) is 7.05. The highest BCUT2D eigenvalue weighted by molar-refractivity contribution is 7.16. The van der Waals surface area contributed by atoms with Gasteiger partial charge in [0.05, 0.1) is 27.7 Å². The van der Waals surface area contributed by atoms with E-state index in [1.807, 2.05) is 24.3 Å². The van der Waals surface area contributed by atoms with Crippen molar-refractivity contribution in [2.45, 2.75) is 19.1 Å². The van der Waals surface area contributed by atoms with Crippen LogP contribution in [0.5, 0.6) is 0 Å². The van der Waals surface area contributed by atoms with E-state index in [4.69, 9.17) is 22.1 Å². The first-order chi connectivity index (χ1) is 15.8. The third-order valence-electron chi connectivity index (χ3n) is 5.75. The molecule has 0 saturated carbocycles. The maximum absolute atomic E-state index is 13.3. The van der Waals surface area contributed by atoms with E-state index in [0.29, 0.717) is 15.7 Å². The molecule has 2 amide bonds. The van der Waals surface area contributed by atoms with Gasteiger partial charge in [0.15, 0.2) is 0 Å². The second kappa shape index (κ2) is 8.17. The van der Waals surface area contributed by atoms with Crippen molar-refractivity contribution in [1.82, 2.24) is 9.78 Å². The molecule has 0 spiro atoms. The summed E-state index contributed by atoms with van der Waals surface area (Å²) in [4.78, 5) is 27.3. The van der Waals surface area contributed by atoms with Crippen LogP contribution in [-0.2, 0) is 9.53 Å². The normalized spacial score (nSPS) is 20.5. The molecular weight excluding hydrogens is 467 g/mol. The van der Waals surface area contributed by atoms with Gasteiger partial charge in [-0.3, -0.25) is 9.69 Å². The Labute approximate surface area is 197 Å². The van der Waals surface area contributed by atoms with Crippen LogP contribution in [0.4, 0.5) is 14.9 Å². The van der Waals surface area contributed by atoms with E-state index >= 15 is 0 Å². The van der Waals surface area contributed by atoms with E-state index in [-0.39, 0.29) is 11.7 Å². The molecule has 1 fully saturated rings. The Kier molecular flexibility index (Phi) is 5.30. The summed E-state index contributed by atoms with van der Waals surface area (Å²) in [5, 5.41) is 5.21. The number of thiophene rings is 1. The number of benzene rings is 2. The Morgan fingerprint density at radius 2 is 1.88 bits per heavy atom. The molecule has 4 aromatic rings. The zero-order chi connectivity index (χ0) is 23.3. The SMILES string of the molecule is CC1C(=O)N(c2ccc3c(cnn3-c3ccc(F)cc3)c2)C(c2ccc(Cl)s2)C1OC(N)=O. The Balaban J connectivity index is 1.58. The molecule has 7 nitrogen and oxygen atoms in total. The van der Waals surface area contributed by atoms with E-state index in [1.54, 1.807) is 40.9 Å². The monoisotopic (exact) mass is 484 g/mol. The highest BCUT2D eigenvalue weighted by Crippen LogP contribution is 2.45. The summed E-state index contributed by atoms with van der Waals surface area (Å²) in [5.41, 5.74) is 7.44. The van der Waals surface area contributed by atoms with Crippen LogP contribution in [0.25, 0.3) is 16.6 Å². The summed E-state index contributed by atoms with van der Waals surface area (Å²) in [5.74, 6) is -1.12. The minimum atomic E-state index is -0.940. The van der Waals surface area contributed by atoms with Gasteiger partial charge in [0.25, 0.3) is 0 Å². The quantitative estimate of drug-likeness (QED) is 0.438. The van der Waals surface area contributed by atoms with Crippen molar-refractivity contribution >= 4 is 51.5 Å². The second-order valence-corrected chi connectivity index (χ2v) is 9.51. The van der Waals surface area contributed by atoms with Crippen molar-refractivity contribution in [2.24, 2.45) is 11.7 Å². The molecular formula is C23H18ClFN4O3S. The standard InChI is InChI=1S/C23H18ClFN4O3S/c1-12-21(32-23(26)31)20(18-8-9-19(24)33-18)28(22(12)30)16-6-7-17-13(10-16)11-27-29(17)15-4-2-14(25)3-5-15/h2-12,20-21H,1H3,(H2,26,31). The van der Waals surface area contributed by atoms with Gasteiger partial charge in [-0.05, 0) is 61.5 Å². The number of fused-ring (bicyclic) bond motifs is 1. The molecule has 0 aliphatic carbocycles. The van der Waals surface area contributed by atoms with Crippen molar-refractivity contribution in [3.63, 3.8) is 0 Å². The van der Waals surface area contributed by atoms with Gasteiger partial charge >= 0.3 is 6.09 Å². The predicted octanol–water partition coefficient (Wildman–Crippen LogP) is 5.07. The number of aromatic nitrogens is 2.